The minimum absolute atomic E-state index is 0.372. The third-order valence-corrected chi connectivity index (χ3v) is 2.31. The van der Waals surface area contributed by atoms with Crippen LogP contribution in [0.4, 0.5) is 0 Å². The Balaban J connectivity index is 2.71. The van der Waals surface area contributed by atoms with E-state index in [9.17, 15) is 0 Å². The molecular formula is C11H12N4O. The Morgan fingerprint density at radius 1 is 1.50 bits per heavy atom. The van der Waals surface area contributed by atoms with Crippen molar-refractivity contribution in [3.63, 3.8) is 0 Å². The smallest absolute Gasteiger partial charge is 0.215 e. The van der Waals surface area contributed by atoms with Crippen LogP contribution in [-0.4, -0.2) is 21.1 Å². The number of rotatable bonds is 3. The van der Waals surface area contributed by atoms with E-state index in [0.29, 0.717) is 35.9 Å². The second-order valence-electron chi connectivity index (χ2n) is 3.21. The molecule has 2 aromatic heterocycles. The van der Waals surface area contributed by atoms with E-state index >= 15 is 0 Å². The summed E-state index contributed by atoms with van der Waals surface area (Å²) in [6, 6.07) is 3.83. The molecule has 5 nitrogen and oxygen atoms in total. The van der Waals surface area contributed by atoms with E-state index < -0.39 is 0 Å². The van der Waals surface area contributed by atoms with Crippen molar-refractivity contribution < 1.29 is 4.74 Å². The number of ether oxygens (including phenoxy) is 1. The molecule has 2 aromatic rings. The highest BCUT2D eigenvalue weighted by Gasteiger charge is 2.13. The van der Waals surface area contributed by atoms with Gasteiger partial charge in [0.05, 0.1) is 6.61 Å². The molecule has 5 heteroatoms. The average molecular weight is 216 g/mol. The lowest BCUT2D eigenvalue weighted by Gasteiger charge is -2.03. The maximum atomic E-state index is 8.97. The summed E-state index contributed by atoms with van der Waals surface area (Å²) in [6.45, 7) is 5.10. The Morgan fingerprint density at radius 3 is 2.94 bits per heavy atom. The van der Waals surface area contributed by atoms with Gasteiger partial charge in [-0.15, -0.1) is 0 Å². The number of hydrogen-bond acceptors (Lipinski definition) is 4. The summed E-state index contributed by atoms with van der Waals surface area (Å²) in [5.41, 5.74) is 1.35. The first-order chi connectivity index (χ1) is 7.81. The fourth-order valence-corrected chi connectivity index (χ4v) is 1.65. The van der Waals surface area contributed by atoms with Crippen molar-refractivity contribution in [2.45, 2.75) is 20.4 Å². The number of hydrogen-bond donors (Lipinski definition) is 0. The van der Waals surface area contributed by atoms with E-state index in [1.165, 1.54) is 0 Å². The molecular weight excluding hydrogens is 204 g/mol. The molecule has 2 rings (SSSR count). The lowest BCUT2D eigenvalue weighted by atomic mass is 10.4. The SMILES string of the molecule is CCOc1ccnc2c1nc(C#N)n2CC. The van der Waals surface area contributed by atoms with Crippen LogP contribution in [0.1, 0.15) is 19.7 Å². The van der Waals surface area contributed by atoms with Crippen LogP contribution < -0.4 is 4.74 Å². The summed E-state index contributed by atoms with van der Waals surface area (Å²) < 4.78 is 7.23. The predicted octanol–water partition coefficient (Wildman–Crippen LogP) is 1.72. The normalized spacial score (nSPS) is 10.3. The molecule has 0 atom stereocenters. The zero-order valence-corrected chi connectivity index (χ0v) is 9.27. The number of fused-ring (bicyclic) bond motifs is 1. The number of aromatic nitrogens is 3. The second-order valence-corrected chi connectivity index (χ2v) is 3.21. The summed E-state index contributed by atoms with van der Waals surface area (Å²) >= 11 is 0. The molecule has 0 aliphatic carbocycles. The van der Waals surface area contributed by atoms with Gasteiger partial charge < -0.3 is 9.30 Å². The van der Waals surface area contributed by atoms with E-state index in [-0.39, 0.29) is 0 Å². The second kappa shape index (κ2) is 4.19. The Labute approximate surface area is 93.3 Å². The van der Waals surface area contributed by atoms with Crippen molar-refractivity contribution in [2.75, 3.05) is 6.61 Å². The number of imidazole rings is 1. The van der Waals surface area contributed by atoms with Gasteiger partial charge in [0.1, 0.15) is 11.8 Å². The molecule has 0 saturated carbocycles. The first kappa shape index (κ1) is 10.4. The Bertz CT molecular complexity index is 553. The largest absolute Gasteiger partial charge is 0.491 e. The average Bonchev–Trinajstić information content (AvgIpc) is 2.68. The number of nitrogens with zero attached hydrogens (tertiary/aromatic N) is 4. The minimum Gasteiger partial charge on any atom is -0.491 e. The van der Waals surface area contributed by atoms with Gasteiger partial charge in [-0.25, -0.2) is 9.97 Å². The summed E-state index contributed by atoms with van der Waals surface area (Å²) in [7, 11) is 0. The zero-order valence-electron chi connectivity index (χ0n) is 9.27. The van der Waals surface area contributed by atoms with E-state index in [1.54, 1.807) is 16.8 Å². The molecule has 0 aromatic carbocycles. The predicted molar refractivity (Wildman–Crippen MR) is 59.1 cm³/mol. The van der Waals surface area contributed by atoms with Gasteiger partial charge in [-0.2, -0.15) is 5.26 Å². The fraction of sp³-hybridized carbons (Fsp3) is 0.364. The van der Waals surface area contributed by atoms with Gasteiger partial charge in [0.15, 0.2) is 11.2 Å². The lowest BCUT2D eigenvalue weighted by molar-refractivity contribution is 0.343. The maximum Gasteiger partial charge on any atom is 0.215 e. The molecule has 0 N–H and O–H groups in total. The topological polar surface area (TPSA) is 63.7 Å². The first-order valence-electron chi connectivity index (χ1n) is 5.20. The molecule has 0 radical (unpaired) electrons. The van der Waals surface area contributed by atoms with Crippen LogP contribution in [0, 0.1) is 11.3 Å². The Kier molecular flexibility index (Phi) is 2.73. The molecule has 0 aliphatic rings. The Morgan fingerprint density at radius 2 is 2.31 bits per heavy atom. The van der Waals surface area contributed by atoms with E-state index in [1.807, 2.05) is 13.8 Å². The maximum absolute atomic E-state index is 8.97. The molecule has 0 unspecified atom stereocenters. The summed E-state index contributed by atoms with van der Waals surface area (Å²) in [6.07, 6.45) is 1.67. The van der Waals surface area contributed by atoms with E-state index in [0.717, 1.165) is 0 Å². The van der Waals surface area contributed by atoms with Crippen LogP contribution in [-0.2, 0) is 6.54 Å². The van der Waals surface area contributed by atoms with Gasteiger partial charge in [0.2, 0.25) is 5.82 Å². The van der Waals surface area contributed by atoms with Gasteiger partial charge in [0, 0.05) is 18.8 Å². The van der Waals surface area contributed by atoms with Crippen molar-refractivity contribution in [3.8, 4) is 11.8 Å². The molecule has 0 spiro atoms. The van der Waals surface area contributed by atoms with Crippen molar-refractivity contribution >= 4 is 11.2 Å². The van der Waals surface area contributed by atoms with Crippen LogP contribution in [0.25, 0.3) is 11.2 Å². The van der Waals surface area contributed by atoms with Crippen LogP contribution in [0.5, 0.6) is 5.75 Å². The van der Waals surface area contributed by atoms with E-state index in [4.69, 9.17) is 10.00 Å². The molecule has 0 aliphatic heterocycles. The highest BCUT2D eigenvalue weighted by atomic mass is 16.5. The summed E-state index contributed by atoms with van der Waals surface area (Å²) in [5, 5.41) is 8.97. The number of aryl methyl sites for hydroxylation is 1. The van der Waals surface area contributed by atoms with Crippen molar-refractivity contribution in [2.24, 2.45) is 0 Å². The van der Waals surface area contributed by atoms with Crippen molar-refractivity contribution in [1.82, 2.24) is 14.5 Å². The van der Waals surface area contributed by atoms with Gasteiger partial charge in [-0.3, -0.25) is 0 Å². The quantitative estimate of drug-likeness (QED) is 0.783. The summed E-state index contributed by atoms with van der Waals surface area (Å²) in [5.74, 6) is 1.05. The molecule has 2 heterocycles. The molecule has 16 heavy (non-hydrogen) atoms. The highest BCUT2D eigenvalue weighted by Crippen LogP contribution is 2.23. The third-order valence-electron chi connectivity index (χ3n) is 2.31. The van der Waals surface area contributed by atoms with Crippen LogP contribution in [0.2, 0.25) is 0 Å². The summed E-state index contributed by atoms with van der Waals surface area (Å²) in [4.78, 5) is 8.47. The molecule has 82 valence electrons. The molecule has 0 bridgehead atoms. The van der Waals surface area contributed by atoms with Crippen LogP contribution in [0.15, 0.2) is 12.3 Å². The number of pyridine rings is 1. The van der Waals surface area contributed by atoms with Gasteiger partial charge in [0.25, 0.3) is 0 Å². The minimum atomic E-state index is 0.372. The zero-order chi connectivity index (χ0) is 11.5. The van der Waals surface area contributed by atoms with Crippen LogP contribution >= 0.6 is 0 Å². The Hall–Kier alpha value is -2.09. The van der Waals surface area contributed by atoms with Crippen molar-refractivity contribution in [3.05, 3.63) is 18.1 Å². The third kappa shape index (κ3) is 1.48. The number of nitriles is 1. The van der Waals surface area contributed by atoms with Crippen LogP contribution in [0.3, 0.4) is 0 Å². The fourth-order valence-electron chi connectivity index (χ4n) is 1.65. The van der Waals surface area contributed by atoms with Gasteiger partial charge >= 0.3 is 0 Å². The van der Waals surface area contributed by atoms with Gasteiger partial charge in [-0.05, 0) is 13.8 Å². The molecule has 0 fully saturated rings. The monoisotopic (exact) mass is 216 g/mol. The highest BCUT2D eigenvalue weighted by molar-refractivity contribution is 5.79. The van der Waals surface area contributed by atoms with E-state index in [2.05, 4.69) is 16.0 Å². The van der Waals surface area contributed by atoms with Crippen molar-refractivity contribution in [1.29, 1.82) is 5.26 Å². The lowest BCUT2D eigenvalue weighted by Crippen LogP contribution is -1.99. The molecule has 0 amide bonds. The molecule has 0 saturated heterocycles. The standard InChI is InChI=1S/C11H12N4O/c1-3-15-9(7-12)14-10-8(16-4-2)5-6-13-11(10)15/h5-6H,3-4H2,1-2H3. The van der Waals surface area contributed by atoms with Gasteiger partial charge in [-0.1, -0.05) is 0 Å². The first-order valence-corrected chi connectivity index (χ1v) is 5.20.